The molecule has 1 aliphatic carbocycles. The number of nitrogens with one attached hydrogen (secondary N) is 1. The predicted molar refractivity (Wildman–Crippen MR) is 113 cm³/mol. The summed E-state index contributed by atoms with van der Waals surface area (Å²) in [5, 5.41) is 5.43. The molecule has 2 heterocycles. The highest BCUT2D eigenvalue weighted by atomic mass is 32.1. The molecule has 1 N–H and O–H groups in total. The Bertz CT molecular complexity index is 1100. The molecule has 7 nitrogen and oxygen atoms in total. The number of aromatic nitrogens is 2. The number of carbonyl (C=O) groups excluding carboxylic acids is 1. The van der Waals surface area contributed by atoms with Gasteiger partial charge in [-0.3, -0.25) is 14.2 Å². The fourth-order valence-electron chi connectivity index (χ4n) is 3.79. The van der Waals surface area contributed by atoms with Gasteiger partial charge in [0, 0.05) is 17.0 Å². The predicted octanol–water partition coefficient (Wildman–Crippen LogP) is 3.20. The quantitative estimate of drug-likeness (QED) is 0.671. The summed E-state index contributed by atoms with van der Waals surface area (Å²) < 4.78 is 12.1. The number of hydrogen-bond donors (Lipinski definition) is 1. The Labute approximate surface area is 172 Å². The van der Waals surface area contributed by atoms with Crippen molar-refractivity contribution in [2.45, 2.75) is 38.3 Å². The Hall–Kier alpha value is -2.87. The van der Waals surface area contributed by atoms with Crippen LogP contribution >= 0.6 is 11.3 Å². The summed E-state index contributed by atoms with van der Waals surface area (Å²) in [6.07, 6.45) is 5.75. The lowest BCUT2D eigenvalue weighted by Gasteiger charge is -2.13. The lowest BCUT2D eigenvalue weighted by molar-refractivity contribution is -0.122. The van der Waals surface area contributed by atoms with E-state index in [0.29, 0.717) is 21.7 Å². The Morgan fingerprint density at radius 3 is 2.72 bits per heavy atom. The highest BCUT2D eigenvalue weighted by Gasteiger charge is 2.19. The summed E-state index contributed by atoms with van der Waals surface area (Å²) in [4.78, 5) is 30.5. The second-order valence-corrected chi connectivity index (χ2v) is 7.98. The van der Waals surface area contributed by atoms with Gasteiger partial charge in [-0.25, -0.2) is 4.98 Å². The first-order valence-electron chi connectivity index (χ1n) is 9.59. The highest BCUT2D eigenvalue weighted by Crippen LogP contribution is 2.36. The van der Waals surface area contributed by atoms with Gasteiger partial charge >= 0.3 is 0 Å². The maximum absolute atomic E-state index is 13.1. The van der Waals surface area contributed by atoms with Gasteiger partial charge in [0.2, 0.25) is 5.91 Å². The molecule has 29 heavy (non-hydrogen) atoms. The van der Waals surface area contributed by atoms with E-state index in [1.807, 2.05) is 23.6 Å². The van der Waals surface area contributed by atoms with Crippen LogP contribution in [0, 0.1) is 0 Å². The van der Waals surface area contributed by atoms with Gasteiger partial charge in [-0.2, -0.15) is 0 Å². The van der Waals surface area contributed by atoms with E-state index < -0.39 is 0 Å². The molecule has 8 heteroatoms. The third-order valence-electron chi connectivity index (χ3n) is 5.29. The fourth-order valence-corrected chi connectivity index (χ4v) is 4.70. The van der Waals surface area contributed by atoms with E-state index in [-0.39, 0.29) is 24.1 Å². The Morgan fingerprint density at radius 2 is 2.00 bits per heavy atom. The molecule has 0 radical (unpaired) electrons. The van der Waals surface area contributed by atoms with Crippen LogP contribution in [-0.2, 0) is 11.3 Å². The smallest absolute Gasteiger partial charge is 0.263 e. The van der Waals surface area contributed by atoms with Crippen LogP contribution in [0.25, 0.3) is 21.3 Å². The summed E-state index contributed by atoms with van der Waals surface area (Å²) >= 11 is 1.40. The van der Waals surface area contributed by atoms with Crippen LogP contribution in [0.15, 0.2) is 34.7 Å². The van der Waals surface area contributed by atoms with Gasteiger partial charge in [0.15, 0.2) is 11.5 Å². The van der Waals surface area contributed by atoms with Crippen molar-refractivity contribution in [1.29, 1.82) is 0 Å². The van der Waals surface area contributed by atoms with Crippen molar-refractivity contribution in [3.8, 4) is 22.6 Å². The lowest BCUT2D eigenvalue weighted by atomic mass is 10.1. The second-order valence-electron chi connectivity index (χ2n) is 7.13. The van der Waals surface area contributed by atoms with Gasteiger partial charge in [-0.15, -0.1) is 11.3 Å². The summed E-state index contributed by atoms with van der Waals surface area (Å²) in [7, 11) is 3.15. The van der Waals surface area contributed by atoms with Crippen LogP contribution in [0.3, 0.4) is 0 Å². The van der Waals surface area contributed by atoms with E-state index in [4.69, 9.17) is 9.47 Å². The van der Waals surface area contributed by atoms with Crippen LogP contribution in [-0.4, -0.2) is 35.7 Å². The molecule has 1 saturated carbocycles. The molecule has 1 aliphatic rings. The van der Waals surface area contributed by atoms with Crippen LogP contribution in [0.5, 0.6) is 11.5 Å². The van der Waals surface area contributed by atoms with Crippen molar-refractivity contribution >= 4 is 27.5 Å². The van der Waals surface area contributed by atoms with E-state index in [2.05, 4.69) is 10.3 Å². The summed E-state index contributed by atoms with van der Waals surface area (Å²) in [5.41, 5.74) is 1.39. The van der Waals surface area contributed by atoms with Crippen LogP contribution in [0.1, 0.15) is 25.7 Å². The maximum Gasteiger partial charge on any atom is 0.263 e. The maximum atomic E-state index is 13.1. The molecule has 0 unspecified atom stereocenters. The molecule has 3 aromatic rings. The summed E-state index contributed by atoms with van der Waals surface area (Å²) in [6, 6.07) is 5.75. The Morgan fingerprint density at radius 1 is 1.24 bits per heavy atom. The molecule has 1 fully saturated rings. The number of nitrogens with zero attached hydrogens (tertiary/aromatic N) is 2. The number of hydrogen-bond acceptors (Lipinski definition) is 6. The highest BCUT2D eigenvalue weighted by molar-refractivity contribution is 7.17. The number of rotatable bonds is 6. The first-order valence-corrected chi connectivity index (χ1v) is 10.5. The van der Waals surface area contributed by atoms with Gasteiger partial charge in [0.25, 0.3) is 5.56 Å². The van der Waals surface area contributed by atoms with Gasteiger partial charge in [-0.05, 0) is 30.5 Å². The monoisotopic (exact) mass is 413 g/mol. The van der Waals surface area contributed by atoms with Crippen LogP contribution in [0.4, 0.5) is 0 Å². The minimum atomic E-state index is -0.220. The van der Waals surface area contributed by atoms with Crippen molar-refractivity contribution < 1.29 is 14.3 Å². The van der Waals surface area contributed by atoms with E-state index in [9.17, 15) is 9.59 Å². The molecular weight excluding hydrogens is 390 g/mol. The molecular formula is C21H23N3O4S. The fraction of sp³-hybridized carbons (Fsp3) is 0.381. The van der Waals surface area contributed by atoms with Crippen molar-refractivity contribution in [3.63, 3.8) is 0 Å². The molecule has 1 aromatic carbocycles. The first kappa shape index (κ1) is 19.4. The van der Waals surface area contributed by atoms with Gasteiger partial charge in [0.1, 0.15) is 11.4 Å². The molecule has 152 valence electrons. The van der Waals surface area contributed by atoms with Gasteiger partial charge in [-0.1, -0.05) is 18.9 Å². The Balaban J connectivity index is 1.67. The summed E-state index contributed by atoms with van der Waals surface area (Å²) in [6.45, 7) is -0.0283. The lowest BCUT2D eigenvalue weighted by Crippen LogP contribution is -2.37. The second kappa shape index (κ2) is 8.24. The zero-order valence-corrected chi connectivity index (χ0v) is 17.3. The standard InChI is InChI=1S/C21H23N3O4S/c1-27-16-8-7-13(9-17(16)28-2)15-11-29-20-19(15)21(26)24(12-22-20)10-18(25)23-14-5-3-4-6-14/h7-9,11-12,14H,3-6,10H2,1-2H3,(H,23,25). The van der Waals surface area contributed by atoms with Crippen molar-refractivity contribution in [2.24, 2.45) is 0 Å². The van der Waals surface area contributed by atoms with Gasteiger partial charge < -0.3 is 14.8 Å². The van der Waals surface area contributed by atoms with E-state index in [1.165, 1.54) is 22.2 Å². The number of amides is 1. The minimum absolute atomic E-state index is 0.0283. The number of methoxy groups -OCH3 is 2. The van der Waals surface area contributed by atoms with E-state index >= 15 is 0 Å². The zero-order chi connectivity index (χ0) is 20.4. The molecule has 4 rings (SSSR count). The van der Waals surface area contributed by atoms with Crippen molar-refractivity contribution in [1.82, 2.24) is 14.9 Å². The number of ether oxygens (including phenoxy) is 2. The molecule has 0 spiro atoms. The first-order chi connectivity index (χ1) is 14.1. The van der Waals surface area contributed by atoms with E-state index in [1.54, 1.807) is 14.2 Å². The number of thiophene rings is 1. The zero-order valence-electron chi connectivity index (χ0n) is 16.4. The van der Waals surface area contributed by atoms with Crippen LogP contribution in [0.2, 0.25) is 0 Å². The average Bonchev–Trinajstić information content (AvgIpc) is 3.39. The average molecular weight is 413 g/mol. The van der Waals surface area contributed by atoms with Crippen LogP contribution < -0.4 is 20.3 Å². The Kier molecular flexibility index (Phi) is 5.53. The van der Waals surface area contributed by atoms with Crippen molar-refractivity contribution in [2.75, 3.05) is 14.2 Å². The summed E-state index contributed by atoms with van der Waals surface area (Å²) in [5.74, 6) is 1.06. The van der Waals surface area contributed by atoms with Gasteiger partial charge in [0.05, 0.1) is 25.9 Å². The molecule has 0 atom stereocenters. The normalized spacial score (nSPS) is 14.3. The molecule has 2 aromatic heterocycles. The molecule has 0 saturated heterocycles. The third-order valence-corrected chi connectivity index (χ3v) is 6.18. The van der Waals surface area contributed by atoms with Crippen molar-refractivity contribution in [3.05, 3.63) is 40.3 Å². The topological polar surface area (TPSA) is 82.5 Å². The largest absolute Gasteiger partial charge is 0.493 e. The minimum Gasteiger partial charge on any atom is -0.493 e. The number of benzene rings is 1. The van der Waals surface area contributed by atoms with E-state index in [0.717, 1.165) is 36.8 Å². The third kappa shape index (κ3) is 3.85. The SMILES string of the molecule is COc1ccc(-c2csc3ncn(CC(=O)NC4CCCC4)c(=O)c23)cc1OC. The number of fused-ring (bicyclic) bond motifs is 1. The molecule has 1 amide bonds. The number of carbonyl (C=O) groups is 1. The molecule has 0 aliphatic heterocycles. The molecule has 0 bridgehead atoms.